The molecule has 1 atom stereocenters. The number of nitrogens with one attached hydrogen (secondary N) is 1. The zero-order valence-corrected chi connectivity index (χ0v) is 18.3. The molecule has 6 nitrogen and oxygen atoms in total. The summed E-state index contributed by atoms with van der Waals surface area (Å²) in [5.41, 5.74) is 3.54. The molecule has 1 heterocycles. The Morgan fingerprint density at radius 2 is 1.62 bits per heavy atom. The topological polar surface area (TPSA) is 69.7 Å². The third-order valence-corrected chi connectivity index (χ3v) is 7.49. The number of rotatable bonds is 5. The molecule has 1 aliphatic heterocycles. The Morgan fingerprint density at radius 1 is 0.966 bits per heavy atom. The maximum Gasteiger partial charge on any atom is 0.243 e. The van der Waals surface area contributed by atoms with Gasteiger partial charge in [0.05, 0.1) is 10.9 Å². The minimum atomic E-state index is -3.53. The lowest BCUT2D eigenvalue weighted by Gasteiger charge is -2.37. The van der Waals surface area contributed by atoms with Crippen molar-refractivity contribution in [3.05, 3.63) is 59.2 Å². The van der Waals surface area contributed by atoms with Gasteiger partial charge in [0, 0.05) is 31.9 Å². The van der Waals surface area contributed by atoms with E-state index in [9.17, 15) is 13.2 Å². The van der Waals surface area contributed by atoms with Crippen LogP contribution in [0.5, 0.6) is 0 Å². The van der Waals surface area contributed by atoms with Crippen LogP contribution in [0.2, 0.25) is 0 Å². The quantitative estimate of drug-likeness (QED) is 0.815. The van der Waals surface area contributed by atoms with Crippen LogP contribution in [0.4, 0.5) is 5.69 Å². The molecule has 1 aliphatic rings. The Kier molecular flexibility index (Phi) is 6.41. The first kappa shape index (κ1) is 21.5. The van der Waals surface area contributed by atoms with Gasteiger partial charge in [-0.3, -0.25) is 9.69 Å². The number of carbonyl (C=O) groups is 1. The number of carbonyl (C=O) groups excluding carboxylic acids is 1. The summed E-state index contributed by atoms with van der Waals surface area (Å²) in [5.74, 6) is -0.0820. The average Bonchev–Trinajstić information content (AvgIpc) is 2.69. The molecule has 2 aromatic carbocycles. The SMILES string of the molecule is Cc1cccc(NC(=O)C(C)N2CCN(S(=O)(=O)c3cc(C)ccc3C)CC2)c1. The predicted octanol–water partition coefficient (Wildman–Crippen LogP) is 2.95. The van der Waals surface area contributed by atoms with Crippen LogP contribution in [-0.4, -0.2) is 55.8 Å². The molecule has 2 aromatic rings. The molecule has 0 aromatic heterocycles. The first-order chi connectivity index (χ1) is 13.7. The van der Waals surface area contributed by atoms with E-state index < -0.39 is 10.0 Å². The van der Waals surface area contributed by atoms with E-state index in [4.69, 9.17) is 0 Å². The highest BCUT2D eigenvalue weighted by Crippen LogP contribution is 2.23. The van der Waals surface area contributed by atoms with Crippen LogP contribution in [0, 0.1) is 20.8 Å². The lowest BCUT2D eigenvalue weighted by Crippen LogP contribution is -2.54. The zero-order valence-electron chi connectivity index (χ0n) is 17.5. The van der Waals surface area contributed by atoms with Crippen LogP contribution in [0.3, 0.4) is 0 Å². The summed E-state index contributed by atoms with van der Waals surface area (Å²) < 4.78 is 27.7. The van der Waals surface area contributed by atoms with Crippen LogP contribution < -0.4 is 5.32 Å². The lowest BCUT2D eigenvalue weighted by atomic mass is 10.2. The molecule has 7 heteroatoms. The van der Waals surface area contributed by atoms with E-state index in [1.165, 1.54) is 4.31 Å². The molecule has 1 unspecified atom stereocenters. The number of amides is 1. The van der Waals surface area contributed by atoms with Gasteiger partial charge in [-0.15, -0.1) is 0 Å². The first-order valence-corrected chi connectivity index (χ1v) is 11.3. The molecule has 1 saturated heterocycles. The smallest absolute Gasteiger partial charge is 0.243 e. The van der Waals surface area contributed by atoms with Gasteiger partial charge in [0.1, 0.15) is 0 Å². The Labute approximate surface area is 173 Å². The highest BCUT2D eigenvalue weighted by atomic mass is 32.2. The van der Waals surface area contributed by atoms with Gasteiger partial charge >= 0.3 is 0 Å². The lowest BCUT2D eigenvalue weighted by molar-refractivity contribution is -0.121. The van der Waals surface area contributed by atoms with Gasteiger partial charge in [-0.05, 0) is 62.6 Å². The van der Waals surface area contributed by atoms with Gasteiger partial charge in [0.25, 0.3) is 0 Å². The molecule has 0 saturated carbocycles. The van der Waals surface area contributed by atoms with Crippen molar-refractivity contribution >= 4 is 21.6 Å². The standard InChI is InChI=1S/C22H29N3O3S/c1-16-6-5-7-20(14-16)23-22(26)19(4)24-10-12-25(13-11-24)29(27,28)21-15-17(2)8-9-18(21)3/h5-9,14-15,19H,10-13H2,1-4H3,(H,23,26). The number of hydrogen-bond acceptors (Lipinski definition) is 4. The Bertz CT molecular complexity index is 996. The van der Waals surface area contributed by atoms with Crippen molar-refractivity contribution in [2.24, 2.45) is 0 Å². The predicted molar refractivity (Wildman–Crippen MR) is 116 cm³/mol. The van der Waals surface area contributed by atoms with Gasteiger partial charge in [0.15, 0.2) is 0 Å². The highest BCUT2D eigenvalue weighted by Gasteiger charge is 2.32. The van der Waals surface area contributed by atoms with Crippen LogP contribution >= 0.6 is 0 Å². The van der Waals surface area contributed by atoms with E-state index in [0.717, 1.165) is 22.4 Å². The average molecular weight is 416 g/mol. The van der Waals surface area contributed by atoms with E-state index in [0.29, 0.717) is 31.1 Å². The largest absolute Gasteiger partial charge is 0.325 e. The van der Waals surface area contributed by atoms with Crippen molar-refractivity contribution < 1.29 is 13.2 Å². The van der Waals surface area contributed by atoms with Crippen molar-refractivity contribution in [3.8, 4) is 0 Å². The molecule has 156 valence electrons. The van der Waals surface area contributed by atoms with Crippen molar-refractivity contribution in [1.82, 2.24) is 9.21 Å². The molecule has 1 N–H and O–H groups in total. The molecule has 1 amide bonds. The molecule has 29 heavy (non-hydrogen) atoms. The maximum absolute atomic E-state index is 13.1. The molecular weight excluding hydrogens is 386 g/mol. The van der Waals surface area contributed by atoms with Gasteiger partial charge < -0.3 is 5.32 Å². The number of hydrogen-bond donors (Lipinski definition) is 1. The van der Waals surface area contributed by atoms with E-state index in [2.05, 4.69) is 5.32 Å². The van der Waals surface area contributed by atoms with Gasteiger partial charge in [-0.2, -0.15) is 4.31 Å². The molecule has 0 aliphatic carbocycles. The summed E-state index contributed by atoms with van der Waals surface area (Å²) in [7, 11) is -3.53. The summed E-state index contributed by atoms with van der Waals surface area (Å²) in [5, 5.41) is 2.95. The normalized spacial score (nSPS) is 17.1. The minimum absolute atomic E-state index is 0.0820. The third-order valence-electron chi connectivity index (χ3n) is 5.45. The molecule has 0 bridgehead atoms. The molecule has 0 radical (unpaired) electrons. The highest BCUT2D eigenvalue weighted by molar-refractivity contribution is 7.89. The van der Waals surface area contributed by atoms with Crippen LogP contribution in [0.25, 0.3) is 0 Å². The van der Waals surface area contributed by atoms with Crippen molar-refractivity contribution in [1.29, 1.82) is 0 Å². The van der Waals surface area contributed by atoms with Crippen molar-refractivity contribution in [3.63, 3.8) is 0 Å². The Hall–Kier alpha value is -2.22. The number of nitrogens with zero attached hydrogens (tertiary/aromatic N) is 2. The van der Waals surface area contributed by atoms with E-state index in [1.54, 1.807) is 6.07 Å². The second kappa shape index (κ2) is 8.65. The Morgan fingerprint density at radius 3 is 2.28 bits per heavy atom. The van der Waals surface area contributed by atoms with Crippen LogP contribution in [-0.2, 0) is 14.8 Å². The van der Waals surface area contributed by atoms with Gasteiger partial charge in [-0.25, -0.2) is 8.42 Å². The van der Waals surface area contributed by atoms with Gasteiger partial charge in [0.2, 0.25) is 15.9 Å². The number of anilines is 1. The molecule has 1 fully saturated rings. The molecular formula is C22H29N3O3S. The molecule has 0 spiro atoms. The third kappa shape index (κ3) is 4.86. The second-order valence-corrected chi connectivity index (χ2v) is 9.65. The maximum atomic E-state index is 13.1. The fourth-order valence-corrected chi connectivity index (χ4v) is 5.32. The fourth-order valence-electron chi connectivity index (χ4n) is 3.59. The number of aryl methyl sites for hydroxylation is 3. The van der Waals surface area contributed by atoms with Crippen LogP contribution in [0.1, 0.15) is 23.6 Å². The van der Waals surface area contributed by atoms with Crippen LogP contribution in [0.15, 0.2) is 47.4 Å². The zero-order chi connectivity index (χ0) is 21.2. The summed E-state index contributed by atoms with van der Waals surface area (Å²) in [6.45, 7) is 9.34. The minimum Gasteiger partial charge on any atom is -0.325 e. The number of piperazine rings is 1. The molecule has 3 rings (SSSR count). The second-order valence-electron chi connectivity index (χ2n) is 7.74. The monoisotopic (exact) mass is 415 g/mol. The summed E-state index contributed by atoms with van der Waals surface area (Å²) in [4.78, 5) is 15.0. The van der Waals surface area contributed by atoms with Crippen molar-refractivity contribution in [2.45, 2.75) is 38.6 Å². The van der Waals surface area contributed by atoms with E-state index in [1.807, 2.05) is 69.0 Å². The summed E-state index contributed by atoms with van der Waals surface area (Å²) in [6, 6.07) is 12.8. The first-order valence-electron chi connectivity index (χ1n) is 9.87. The van der Waals surface area contributed by atoms with Gasteiger partial charge in [-0.1, -0.05) is 24.3 Å². The number of sulfonamides is 1. The fraction of sp³-hybridized carbons (Fsp3) is 0.409. The van der Waals surface area contributed by atoms with E-state index in [-0.39, 0.29) is 11.9 Å². The Balaban J connectivity index is 1.63. The van der Waals surface area contributed by atoms with Crippen molar-refractivity contribution in [2.75, 3.05) is 31.5 Å². The number of benzene rings is 2. The summed E-state index contributed by atoms with van der Waals surface area (Å²) >= 11 is 0. The summed E-state index contributed by atoms with van der Waals surface area (Å²) in [6.07, 6.45) is 0. The van der Waals surface area contributed by atoms with E-state index >= 15 is 0 Å².